The van der Waals surface area contributed by atoms with Gasteiger partial charge in [-0.1, -0.05) is 141 Å². The van der Waals surface area contributed by atoms with Gasteiger partial charge in [0, 0.05) is 32.8 Å². The van der Waals surface area contributed by atoms with E-state index >= 15 is 0 Å². The van der Waals surface area contributed by atoms with E-state index in [1.54, 1.807) is 0 Å². The van der Waals surface area contributed by atoms with Crippen LogP contribution in [-0.4, -0.2) is 0 Å². The Morgan fingerprint density at radius 2 is 1.08 bits per heavy atom. The van der Waals surface area contributed by atoms with Crippen LogP contribution in [0.3, 0.4) is 0 Å². The summed E-state index contributed by atoms with van der Waals surface area (Å²) in [6, 6.07) is 59.4. The number of furan rings is 1. The highest BCUT2D eigenvalue weighted by Gasteiger charge is 2.36. The Kier molecular flexibility index (Phi) is 5.95. The molecule has 1 aliphatic rings. The molecule has 0 fully saturated rings. The number of nitrogens with zero attached hydrogens (tertiary/aromatic N) is 1. The van der Waals surface area contributed by atoms with Gasteiger partial charge in [0.15, 0.2) is 5.58 Å². The third kappa shape index (κ3) is 4.14. The molecule has 49 heavy (non-hydrogen) atoms. The lowest BCUT2D eigenvalue weighted by atomic mass is 9.82. The van der Waals surface area contributed by atoms with Gasteiger partial charge in [0.25, 0.3) is 0 Å². The highest BCUT2D eigenvalue weighted by Crippen LogP contribution is 2.52. The van der Waals surface area contributed by atoms with Crippen LogP contribution in [0.2, 0.25) is 0 Å². The zero-order chi connectivity index (χ0) is 32.7. The molecule has 8 aromatic carbocycles. The summed E-state index contributed by atoms with van der Waals surface area (Å²) in [4.78, 5) is 2.41. The summed E-state index contributed by atoms with van der Waals surface area (Å²) >= 11 is 0. The van der Waals surface area contributed by atoms with Crippen molar-refractivity contribution in [3.63, 3.8) is 0 Å². The van der Waals surface area contributed by atoms with Crippen LogP contribution in [0.5, 0.6) is 0 Å². The van der Waals surface area contributed by atoms with Crippen molar-refractivity contribution in [1.29, 1.82) is 0 Å². The Morgan fingerprint density at radius 1 is 0.429 bits per heavy atom. The molecule has 0 saturated carbocycles. The molecule has 9 aromatic rings. The molecule has 0 spiro atoms. The number of rotatable bonds is 4. The van der Waals surface area contributed by atoms with Crippen LogP contribution in [0.25, 0.3) is 65.7 Å². The maximum Gasteiger partial charge on any atom is 0.159 e. The molecule has 0 atom stereocenters. The van der Waals surface area contributed by atoms with Crippen LogP contribution >= 0.6 is 0 Å². The van der Waals surface area contributed by atoms with Crippen molar-refractivity contribution < 1.29 is 4.42 Å². The molecule has 10 rings (SSSR count). The Hall–Kier alpha value is -6.12. The maximum atomic E-state index is 6.96. The minimum absolute atomic E-state index is 0.0713. The van der Waals surface area contributed by atoms with E-state index in [1.165, 1.54) is 44.0 Å². The molecule has 2 heteroatoms. The molecule has 2 nitrogen and oxygen atoms in total. The predicted molar refractivity (Wildman–Crippen MR) is 206 cm³/mol. The molecule has 1 heterocycles. The van der Waals surface area contributed by atoms with Gasteiger partial charge < -0.3 is 9.32 Å². The third-order valence-corrected chi connectivity index (χ3v) is 10.6. The molecule has 0 amide bonds. The monoisotopic (exact) mass is 627 g/mol. The van der Waals surface area contributed by atoms with Gasteiger partial charge in [0.2, 0.25) is 0 Å². The number of hydrogen-bond donors (Lipinski definition) is 0. The van der Waals surface area contributed by atoms with E-state index in [1.807, 2.05) is 0 Å². The molecule has 0 radical (unpaired) electrons. The lowest BCUT2D eigenvalue weighted by Crippen LogP contribution is -2.15. The van der Waals surface area contributed by atoms with Gasteiger partial charge in [0.05, 0.1) is 11.4 Å². The molecule has 1 aliphatic carbocycles. The predicted octanol–water partition coefficient (Wildman–Crippen LogP) is 13.3. The van der Waals surface area contributed by atoms with Crippen molar-refractivity contribution in [1.82, 2.24) is 0 Å². The van der Waals surface area contributed by atoms with E-state index in [9.17, 15) is 0 Å². The van der Waals surface area contributed by atoms with E-state index in [2.05, 4.69) is 183 Å². The molecule has 232 valence electrons. The average Bonchev–Trinajstić information content (AvgIpc) is 3.65. The van der Waals surface area contributed by atoms with Crippen molar-refractivity contribution in [3.05, 3.63) is 175 Å². The zero-order valence-electron chi connectivity index (χ0n) is 27.4. The van der Waals surface area contributed by atoms with E-state index < -0.39 is 0 Å². The lowest BCUT2D eigenvalue weighted by molar-refractivity contribution is 0.660. The first-order chi connectivity index (χ1) is 24.1. The Balaban J connectivity index is 1.27. The molecular weight excluding hydrogens is 595 g/mol. The van der Waals surface area contributed by atoms with Crippen LogP contribution in [-0.2, 0) is 5.41 Å². The van der Waals surface area contributed by atoms with Crippen molar-refractivity contribution in [3.8, 4) is 22.3 Å². The third-order valence-electron chi connectivity index (χ3n) is 10.6. The molecule has 0 unspecified atom stereocenters. The van der Waals surface area contributed by atoms with Gasteiger partial charge in [-0.2, -0.15) is 0 Å². The van der Waals surface area contributed by atoms with Crippen LogP contribution in [0.4, 0.5) is 17.1 Å². The topological polar surface area (TPSA) is 16.4 Å². The number of para-hydroxylation sites is 2. The van der Waals surface area contributed by atoms with Crippen molar-refractivity contribution in [2.45, 2.75) is 19.3 Å². The number of anilines is 3. The second kappa shape index (κ2) is 10.4. The molecule has 0 aliphatic heterocycles. The number of benzene rings is 8. The lowest BCUT2D eigenvalue weighted by Gasteiger charge is -2.29. The Bertz CT molecular complexity index is 2770. The molecule has 0 bridgehead atoms. The minimum Gasteiger partial charge on any atom is -0.453 e. The van der Waals surface area contributed by atoms with Crippen LogP contribution in [0.1, 0.15) is 25.0 Å². The fourth-order valence-corrected chi connectivity index (χ4v) is 8.21. The normalized spacial score (nSPS) is 13.3. The van der Waals surface area contributed by atoms with Crippen molar-refractivity contribution in [2.24, 2.45) is 0 Å². The van der Waals surface area contributed by atoms with E-state index in [4.69, 9.17) is 4.42 Å². The van der Waals surface area contributed by atoms with E-state index in [0.29, 0.717) is 0 Å². The van der Waals surface area contributed by atoms with Gasteiger partial charge in [-0.05, 0) is 80.4 Å². The van der Waals surface area contributed by atoms with E-state index in [-0.39, 0.29) is 5.41 Å². The summed E-state index contributed by atoms with van der Waals surface area (Å²) in [5.41, 5.74) is 12.6. The smallest absolute Gasteiger partial charge is 0.159 e. The molecule has 0 saturated heterocycles. The highest BCUT2D eigenvalue weighted by atomic mass is 16.3. The number of hydrogen-bond acceptors (Lipinski definition) is 2. The van der Waals surface area contributed by atoms with Crippen molar-refractivity contribution >= 4 is 60.5 Å². The van der Waals surface area contributed by atoms with Gasteiger partial charge in [-0.15, -0.1) is 0 Å². The summed E-state index contributed by atoms with van der Waals surface area (Å²) < 4.78 is 6.96. The van der Waals surface area contributed by atoms with Gasteiger partial charge in [0.1, 0.15) is 5.58 Å². The molecule has 0 N–H and O–H groups in total. The number of fused-ring (bicyclic) bond motifs is 9. The summed E-state index contributed by atoms with van der Waals surface area (Å²) in [5, 5.41) is 7.00. The van der Waals surface area contributed by atoms with Crippen LogP contribution in [0.15, 0.2) is 168 Å². The SMILES string of the molecule is CC1(C)c2ccccc2-c2cc(N(c3ccccc3-c3ccc4ccccc4c3)c3cccc4c3oc3c5ccccc5ccc43)ccc21. The maximum absolute atomic E-state index is 6.96. The Labute approximate surface area is 285 Å². The second-order valence-electron chi connectivity index (χ2n) is 13.7. The second-order valence-corrected chi connectivity index (χ2v) is 13.7. The molecular formula is C47H33NO. The largest absolute Gasteiger partial charge is 0.453 e. The summed E-state index contributed by atoms with van der Waals surface area (Å²) in [6.45, 7) is 4.67. The highest BCUT2D eigenvalue weighted by molar-refractivity contribution is 6.17. The van der Waals surface area contributed by atoms with Gasteiger partial charge in [-0.3, -0.25) is 0 Å². The standard InChI is InChI=1S/C47H33NO/c1-47(2)41-19-9-7-17-37(41)40-29-34(25-27-42(40)47)48(43-20-10-8-15-35(43)33-23-22-30-12-3-4-14-32(30)28-33)44-21-11-18-38-39-26-24-31-13-5-6-16-36(31)45(39)49-46(38)44/h3-29H,1-2H3. The fourth-order valence-electron chi connectivity index (χ4n) is 8.21. The average molecular weight is 628 g/mol. The van der Waals surface area contributed by atoms with Crippen molar-refractivity contribution in [2.75, 3.05) is 4.90 Å². The fraction of sp³-hybridized carbons (Fsp3) is 0.0638. The quantitative estimate of drug-likeness (QED) is 0.193. The van der Waals surface area contributed by atoms with Gasteiger partial charge >= 0.3 is 0 Å². The minimum atomic E-state index is -0.0713. The summed E-state index contributed by atoms with van der Waals surface area (Å²) in [7, 11) is 0. The zero-order valence-corrected chi connectivity index (χ0v) is 27.4. The first kappa shape index (κ1) is 27.9. The van der Waals surface area contributed by atoms with E-state index in [0.717, 1.165) is 50.0 Å². The first-order valence-corrected chi connectivity index (χ1v) is 17.0. The Morgan fingerprint density at radius 3 is 1.98 bits per heavy atom. The van der Waals surface area contributed by atoms with Gasteiger partial charge in [-0.25, -0.2) is 0 Å². The first-order valence-electron chi connectivity index (χ1n) is 17.0. The summed E-state index contributed by atoms with van der Waals surface area (Å²) in [5.74, 6) is 0. The molecule has 1 aromatic heterocycles. The van der Waals surface area contributed by atoms with Crippen LogP contribution < -0.4 is 4.90 Å². The summed E-state index contributed by atoms with van der Waals surface area (Å²) in [6.07, 6.45) is 0. The van der Waals surface area contributed by atoms with Crippen LogP contribution in [0, 0.1) is 0 Å².